The largest absolute Gasteiger partial charge is 0.357 e. The number of hydrogen-bond donors (Lipinski definition) is 1. The van der Waals surface area contributed by atoms with Crippen LogP contribution in [0.15, 0.2) is 18.2 Å². The van der Waals surface area contributed by atoms with Gasteiger partial charge in [0, 0.05) is 17.1 Å². The lowest BCUT2D eigenvalue weighted by atomic mass is 10.0. The lowest BCUT2D eigenvalue weighted by Crippen LogP contribution is -2.04. The molecule has 0 atom stereocenters. The SMILES string of the molecule is Cc1[nH]c2c(CCc3ccc(F)cc3F)nnc(CC3CC3)c2c1C. The molecule has 5 heteroatoms. The third-order valence-corrected chi connectivity index (χ3v) is 5.19. The Bertz CT molecular complexity index is 942. The standard InChI is InChI=1S/C20H21F2N3/c1-11-12(2)23-20-17(8-6-14-5-7-15(21)10-16(14)22)24-25-18(19(11)20)9-13-3-4-13/h5,7,10,13,23H,3-4,6,8-9H2,1-2H3. The van der Waals surface area contributed by atoms with Gasteiger partial charge in [0.1, 0.15) is 11.6 Å². The first-order chi connectivity index (χ1) is 12.0. The summed E-state index contributed by atoms with van der Waals surface area (Å²) in [6, 6.07) is 3.72. The molecule has 25 heavy (non-hydrogen) atoms. The lowest BCUT2D eigenvalue weighted by molar-refractivity contribution is 0.571. The zero-order chi connectivity index (χ0) is 17.6. The molecule has 1 fully saturated rings. The summed E-state index contributed by atoms with van der Waals surface area (Å²) in [5.74, 6) is -0.317. The van der Waals surface area contributed by atoms with E-state index in [1.165, 1.54) is 35.9 Å². The van der Waals surface area contributed by atoms with Gasteiger partial charge in [-0.1, -0.05) is 6.07 Å². The summed E-state index contributed by atoms with van der Waals surface area (Å²) in [6.07, 6.45) is 4.56. The predicted molar refractivity (Wildman–Crippen MR) is 93.6 cm³/mol. The Labute approximate surface area is 145 Å². The van der Waals surface area contributed by atoms with Crippen molar-refractivity contribution in [2.45, 2.75) is 46.0 Å². The molecule has 2 aromatic heterocycles. The maximum absolute atomic E-state index is 13.9. The van der Waals surface area contributed by atoms with Crippen molar-refractivity contribution in [1.82, 2.24) is 15.2 Å². The highest BCUT2D eigenvalue weighted by Gasteiger charge is 2.25. The van der Waals surface area contributed by atoms with Crippen LogP contribution in [0.4, 0.5) is 8.78 Å². The molecule has 1 aromatic carbocycles. The van der Waals surface area contributed by atoms with E-state index < -0.39 is 11.6 Å². The maximum Gasteiger partial charge on any atom is 0.129 e. The van der Waals surface area contributed by atoms with Crippen LogP contribution >= 0.6 is 0 Å². The van der Waals surface area contributed by atoms with Crippen molar-refractivity contribution in [2.75, 3.05) is 0 Å². The molecule has 0 unspecified atom stereocenters. The summed E-state index contributed by atoms with van der Waals surface area (Å²) >= 11 is 0. The fourth-order valence-electron chi connectivity index (χ4n) is 3.41. The molecule has 2 heterocycles. The van der Waals surface area contributed by atoms with Gasteiger partial charge in [-0.05, 0) is 69.1 Å². The first-order valence-electron chi connectivity index (χ1n) is 8.80. The number of aromatic nitrogens is 3. The van der Waals surface area contributed by atoms with E-state index in [-0.39, 0.29) is 0 Å². The number of aryl methyl sites for hydroxylation is 4. The Morgan fingerprint density at radius 1 is 1.08 bits per heavy atom. The van der Waals surface area contributed by atoms with Crippen LogP contribution in [0.5, 0.6) is 0 Å². The lowest BCUT2D eigenvalue weighted by Gasteiger charge is -2.07. The number of H-pyrrole nitrogens is 1. The Hall–Kier alpha value is -2.30. The van der Waals surface area contributed by atoms with E-state index in [4.69, 9.17) is 0 Å². The van der Waals surface area contributed by atoms with E-state index in [9.17, 15) is 8.78 Å². The number of rotatable bonds is 5. The smallest absolute Gasteiger partial charge is 0.129 e. The van der Waals surface area contributed by atoms with Crippen LogP contribution in [0.1, 0.15) is 41.1 Å². The van der Waals surface area contributed by atoms with Gasteiger partial charge in [0.25, 0.3) is 0 Å². The Balaban J connectivity index is 1.66. The molecule has 1 saturated carbocycles. The fraction of sp³-hybridized carbons (Fsp3) is 0.400. The second-order valence-electron chi connectivity index (χ2n) is 7.10. The van der Waals surface area contributed by atoms with Gasteiger partial charge in [-0.3, -0.25) is 0 Å². The summed E-state index contributed by atoms with van der Waals surface area (Å²) in [7, 11) is 0. The minimum absolute atomic E-state index is 0.467. The Morgan fingerprint density at radius 2 is 1.84 bits per heavy atom. The predicted octanol–water partition coefficient (Wildman–Crippen LogP) is 4.59. The van der Waals surface area contributed by atoms with Crippen molar-refractivity contribution in [1.29, 1.82) is 0 Å². The van der Waals surface area contributed by atoms with Gasteiger partial charge in [0.05, 0.1) is 16.9 Å². The van der Waals surface area contributed by atoms with Crippen molar-refractivity contribution >= 4 is 10.9 Å². The average Bonchev–Trinajstić information content (AvgIpc) is 3.33. The molecule has 3 aromatic rings. The van der Waals surface area contributed by atoms with Gasteiger partial charge in [-0.2, -0.15) is 10.2 Å². The third-order valence-electron chi connectivity index (χ3n) is 5.19. The minimum Gasteiger partial charge on any atom is -0.357 e. The molecule has 0 amide bonds. The molecule has 4 rings (SSSR count). The Morgan fingerprint density at radius 3 is 2.56 bits per heavy atom. The molecule has 3 nitrogen and oxygen atoms in total. The first kappa shape index (κ1) is 16.2. The van der Waals surface area contributed by atoms with Crippen molar-refractivity contribution in [3.8, 4) is 0 Å². The van der Waals surface area contributed by atoms with E-state index in [0.717, 1.165) is 41.0 Å². The van der Waals surface area contributed by atoms with Crippen LogP contribution < -0.4 is 0 Å². The van der Waals surface area contributed by atoms with E-state index >= 15 is 0 Å². The molecule has 0 radical (unpaired) electrons. The van der Waals surface area contributed by atoms with Gasteiger partial charge in [-0.25, -0.2) is 8.78 Å². The van der Waals surface area contributed by atoms with Crippen molar-refractivity contribution in [3.05, 3.63) is 58.0 Å². The monoisotopic (exact) mass is 341 g/mol. The van der Waals surface area contributed by atoms with Crippen molar-refractivity contribution in [2.24, 2.45) is 5.92 Å². The summed E-state index contributed by atoms with van der Waals surface area (Å²) in [4.78, 5) is 3.43. The molecular weight excluding hydrogens is 320 g/mol. The summed E-state index contributed by atoms with van der Waals surface area (Å²) in [5, 5.41) is 10.1. The summed E-state index contributed by atoms with van der Waals surface area (Å²) in [6.45, 7) is 4.16. The molecular formula is C20H21F2N3. The second kappa shape index (κ2) is 6.21. The number of fused-ring (bicyclic) bond motifs is 1. The zero-order valence-corrected chi connectivity index (χ0v) is 14.5. The van der Waals surface area contributed by atoms with E-state index in [2.05, 4.69) is 29.0 Å². The quantitative estimate of drug-likeness (QED) is 0.737. The Kier molecular flexibility index (Phi) is 4.02. The van der Waals surface area contributed by atoms with Gasteiger partial charge in [0.15, 0.2) is 0 Å². The van der Waals surface area contributed by atoms with Crippen molar-refractivity contribution < 1.29 is 8.78 Å². The maximum atomic E-state index is 13.9. The molecule has 0 spiro atoms. The van der Waals surface area contributed by atoms with E-state index in [1.807, 2.05) is 0 Å². The van der Waals surface area contributed by atoms with Crippen LogP contribution in [-0.2, 0) is 19.3 Å². The normalized spacial score (nSPS) is 14.4. The highest BCUT2D eigenvalue weighted by Crippen LogP contribution is 2.35. The van der Waals surface area contributed by atoms with Crippen LogP contribution in [0.3, 0.4) is 0 Å². The highest BCUT2D eigenvalue weighted by molar-refractivity contribution is 5.88. The van der Waals surface area contributed by atoms with E-state index in [1.54, 1.807) is 0 Å². The molecule has 1 aliphatic rings. The van der Waals surface area contributed by atoms with Crippen LogP contribution in [0.2, 0.25) is 0 Å². The number of benzene rings is 1. The molecule has 1 aliphatic carbocycles. The fourth-order valence-corrected chi connectivity index (χ4v) is 3.41. The number of hydrogen-bond acceptors (Lipinski definition) is 2. The number of aromatic amines is 1. The second-order valence-corrected chi connectivity index (χ2v) is 7.10. The van der Waals surface area contributed by atoms with Gasteiger partial charge >= 0.3 is 0 Å². The molecule has 1 N–H and O–H groups in total. The molecule has 130 valence electrons. The highest BCUT2D eigenvalue weighted by atomic mass is 19.1. The molecule has 0 saturated heterocycles. The van der Waals surface area contributed by atoms with Crippen LogP contribution in [0, 0.1) is 31.4 Å². The number of halogens is 2. The van der Waals surface area contributed by atoms with Gasteiger partial charge < -0.3 is 4.98 Å². The van der Waals surface area contributed by atoms with E-state index in [0.29, 0.717) is 18.4 Å². The van der Waals surface area contributed by atoms with Crippen LogP contribution in [0.25, 0.3) is 10.9 Å². The van der Waals surface area contributed by atoms with Crippen LogP contribution in [-0.4, -0.2) is 15.2 Å². The first-order valence-corrected chi connectivity index (χ1v) is 8.80. The average molecular weight is 341 g/mol. The number of nitrogens with one attached hydrogen (secondary N) is 1. The number of nitrogens with zero attached hydrogens (tertiary/aromatic N) is 2. The minimum atomic E-state index is -0.552. The zero-order valence-electron chi connectivity index (χ0n) is 14.5. The molecule has 0 bridgehead atoms. The van der Waals surface area contributed by atoms with Gasteiger partial charge in [-0.15, -0.1) is 0 Å². The molecule has 0 aliphatic heterocycles. The van der Waals surface area contributed by atoms with Gasteiger partial charge in [0.2, 0.25) is 0 Å². The van der Waals surface area contributed by atoms with Crippen molar-refractivity contribution in [3.63, 3.8) is 0 Å². The third kappa shape index (κ3) is 3.15. The summed E-state index contributed by atoms with van der Waals surface area (Å²) < 4.78 is 26.9. The topological polar surface area (TPSA) is 41.6 Å². The summed E-state index contributed by atoms with van der Waals surface area (Å²) in [5.41, 5.74) is 5.76.